The zero-order chi connectivity index (χ0) is 20.8. The Bertz CT molecular complexity index is 1080. The Morgan fingerprint density at radius 3 is 2.24 bits per heavy atom. The minimum absolute atomic E-state index is 0.296. The van der Waals surface area contributed by atoms with Crippen LogP contribution in [0.5, 0.6) is 0 Å². The number of esters is 1. The number of nitrogens with one attached hydrogen (secondary N) is 1. The third-order valence-electron chi connectivity index (χ3n) is 4.46. The average Bonchev–Trinajstić information content (AvgIpc) is 2.75. The zero-order valence-electron chi connectivity index (χ0n) is 16.2. The van der Waals surface area contributed by atoms with Crippen molar-refractivity contribution in [3.8, 4) is 17.2 Å². The maximum Gasteiger partial charge on any atom is 0.339 e. The van der Waals surface area contributed by atoms with Crippen molar-refractivity contribution >= 4 is 17.6 Å². The summed E-state index contributed by atoms with van der Waals surface area (Å²) in [6, 6.07) is 23.4. The molecule has 5 heteroatoms. The van der Waals surface area contributed by atoms with Crippen molar-refractivity contribution < 1.29 is 14.3 Å². The van der Waals surface area contributed by atoms with Gasteiger partial charge in [-0.3, -0.25) is 4.79 Å². The first-order valence-corrected chi connectivity index (χ1v) is 9.16. The number of rotatable bonds is 5. The van der Waals surface area contributed by atoms with Crippen LogP contribution >= 0.6 is 0 Å². The molecule has 0 heterocycles. The fourth-order valence-electron chi connectivity index (χ4n) is 2.87. The molecule has 3 rings (SSSR count). The summed E-state index contributed by atoms with van der Waals surface area (Å²) in [5.74, 6) is -1.04. The van der Waals surface area contributed by atoms with Crippen molar-refractivity contribution in [3.05, 3.63) is 89.5 Å². The number of aryl methyl sites for hydroxylation is 1. The molecule has 0 fully saturated rings. The number of nitrogens with zero attached hydrogens (tertiary/aromatic N) is 1. The van der Waals surface area contributed by atoms with E-state index in [-0.39, 0.29) is 0 Å². The summed E-state index contributed by atoms with van der Waals surface area (Å²) >= 11 is 0. The predicted octanol–water partition coefficient (Wildman–Crippen LogP) is 4.72. The number of anilines is 1. The Balaban J connectivity index is 1.78. The van der Waals surface area contributed by atoms with Crippen LogP contribution in [0.3, 0.4) is 0 Å². The van der Waals surface area contributed by atoms with Gasteiger partial charge in [0.2, 0.25) is 0 Å². The van der Waals surface area contributed by atoms with E-state index in [0.717, 1.165) is 5.56 Å². The predicted molar refractivity (Wildman–Crippen MR) is 111 cm³/mol. The molecule has 1 amide bonds. The molecule has 5 nitrogen and oxygen atoms in total. The molecule has 0 aliphatic carbocycles. The number of carbonyl (C=O) groups is 2. The summed E-state index contributed by atoms with van der Waals surface area (Å²) < 4.78 is 5.40. The molecule has 0 aromatic heterocycles. The minimum atomic E-state index is -0.983. The van der Waals surface area contributed by atoms with Gasteiger partial charge in [-0.25, -0.2) is 4.79 Å². The van der Waals surface area contributed by atoms with Crippen LogP contribution in [-0.4, -0.2) is 18.0 Å². The van der Waals surface area contributed by atoms with Crippen molar-refractivity contribution in [1.29, 1.82) is 5.26 Å². The first kappa shape index (κ1) is 19.8. The third kappa shape index (κ3) is 4.69. The fourth-order valence-corrected chi connectivity index (χ4v) is 2.87. The lowest BCUT2D eigenvalue weighted by molar-refractivity contribution is -0.123. The minimum Gasteiger partial charge on any atom is -0.449 e. The molecule has 0 bridgehead atoms. The van der Waals surface area contributed by atoms with Crippen molar-refractivity contribution in [3.63, 3.8) is 0 Å². The maximum absolute atomic E-state index is 12.8. The number of ether oxygens (including phenoxy) is 1. The summed E-state index contributed by atoms with van der Waals surface area (Å²) in [6.45, 7) is 3.48. The van der Waals surface area contributed by atoms with E-state index in [2.05, 4.69) is 11.4 Å². The summed E-state index contributed by atoms with van der Waals surface area (Å²) in [4.78, 5) is 25.2. The average molecular weight is 384 g/mol. The number of hydrogen-bond acceptors (Lipinski definition) is 4. The van der Waals surface area contributed by atoms with Crippen LogP contribution in [0, 0.1) is 18.3 Å². The third-order valence-corrected chi connectivity index (χ3v) is 4.46. The van der Waals surface area contributed by atoms with E-state index in [9.17, 15) is 14.9 Å². The van der Waals surface area contributed by atoms with Gasteiger partial charge in [-0.15, -0.1) is 0 Å². The number of benzene rings is 3. The second-order valence-electron chi connectivity index (χ2n) is 6.61. The largest absolute Gasteiger partial charge is 0.449 e. The molecule has 29 heavy (non-hydrogen) atoms. The van der Waals surface area contributed by atoms with Gasteiger partial charge in [-0.05, 0) is 43.7 Å². The molecule has 0 unspecified atom stereocenters. The number of amides is 1. The maximum atomic E-state index is 12.8. The Hall–Kier alpha value is -3.91. The van der Waals surface area contributed by atoms with E-state index in [4.69, 9.17) is 4.74 Å². The molecule has 1 N–H and O–H groups in total. The Kier molecular flexibility index (Phi) is 6.06. The summed E-state index contributed by atoms with van der Waals surface area (Å²) in [7, 11) is 0. The number of carbonyl (C=O) groups excluding carboxylic acids is 2. The summed E-state index contributed by atoms with van der Waals surface area (Å²) in [6.07, 6.45) is -0.983. The van der Waals surface area contributed by atoms with E-state index in [1.807, 2.05) is 19.1 Å². The van der Waals surface area contributed by atoms with Gasteiger partial charge < -0.3 is 10.1 Å². The first-order valence-electron chi connectivity index (χ1n) is 9.16. The van der Waals surface area contributed by atoms with E-state index in [0.29, 0.717) is 27.9 Å². The molecule has 0 aliphatic heterocycles. The molecular formula is C24H20N2O3. The van der Waals surface area contributed by atoms with Gasteiger partial charge in [-0.2, -0.15) is 5.26 Å². The molecule has 0 aliphatic rings. The first-order chi connectivity index (χ1) is 14.0. The molecule has 0 saturated carbocycles. The Labute approximate surface area is 169 Å². The van der Waals surface area contributed by atoms with Gasteiger partial charge in [0.15, 0.2) is 6.10 Å². The van der Waals surface area contributed by atoms with Crippen LogP contribution in [0.25, 0.3) is 11.1 Å². The van der Waals surface area contributed by atoms with E-state index in [1.165, 1.54) is 6.92 Å². The van der Waals surface area contributed by atoms with Gasteiger partial charge in [0.25, 0.3) is 5.91 Å². The fraction of sp³-hybridized carbons (Fsp3) is 0.125. The van der Waals surface area contributed by atoms with Crippen LogP contribution in [0.2, 0.25) is 0 Å². The van der Waals surface area contributed by atoms with Crippen molar-refractivity contribution in [2.24, 2.45) is 0 Å². The van der Waals surface area contributed by atoms with Gasteiger partial charge >= 0.3 is 5.97 Å². The van der Waals surface area contributed by atoms with E-state index < -0.39 is 18.0 Å². The normalized spacial score (nSPS) is 11.2. The zero-order valence-corrected chi connectivity index (χ0v) is 16.2. The standard InChI is InChI=1S/C24H20N2O3/c1-16-11-13-19(14-12-16)26-23(27)17(2)29-24(28)22-10-6-5-9-21(22)20-8-4-3-7-18(20)15-25/h3-14,17H,1-2H3,(H,26,27)/t17-/m0/s1. The SMILES string of the molecule is Cc1ccc(NC(=O)[C@H](C)OC(=O)c2ccccc2-c2ccccc2C#N)cc1. The number of hydrogen-bond donors (Lipinski definition) is 1. The van der Waals surface area contributed by atoms with Gasteiger partial charge in [-0.1, -0.05) is 54.1 Å². The molecule has 0 spiro atoms. The second kappa shape index (κ2) is 8.85. The van der Waals surface area contributed by atoms with Crippen LogP contribution in [0.4, 0.5) is 5.69 Å². The van der Waals surface area contributed by atoms with Crippen LogP contribution < -0.4 is 5.32 Å². The highest BCUT2D eigenvalue weighted by Gasteiger charge is 2.22. The Morgan fingerprint density at radius 2 is 1.55 bits per heavy atom. The highest BCUT2D eigenvalue weighted by atomic mass is 16.5. The highest BCUT2D eigenvalue weighted by molar-refractivity contribution is 6.01. The molecule has 1 atom stereocenters. The van der Waals surface area contributed by atoms with Crippen LogP contribution in [0.1, 0.15) is 28.4 Å². The topological polar surface area (TPSA) is 79.2 Å². The van der Waals surface area contributed by atoms with Crippen LogP contribution in [0.15, 0.2) is 72.8 Å². The van der Waals surface area contributed by atoms with Crippen LogP contribution in [-0.2, 0) is 9.53 Å². The quantitative estimate of drug-likeness (QED) is 0.646. The smallest absolute Gasteiger partial charge is 0.339 e. The molecule has 0 radical (unpaired) electrons. The lowest BCUT2D eigenvalue weighted by Crippen LogP contribution is -2.30. The van der Waals surface area contributed by atoms with Gasteiger partial charge in [0.05, 0.1) is 17.2 Å². The van der Waals surface area contributed by atoms with E-state index in [1.54, 1.807) is 60.7 Å². The molecule has 0 saturated heterocycles. The summed E-state index contributed by atoms with van der Waals surface area (Å²) in [5, 5.41) is 12.1. The monoisotopic (exact) mass is 384 g/mol. The molecule has 3 aromatic rings. The van der Waals surface area contributed by atoms with E-state index >= 15 is 0 Å². The lowest BCUT2D eigenvalue weighted by Gasteiger charge is -2.15. The Morgan fingerprint density at radius 1 is 0.931 bits per heavy atom. The highest BCUT2D eigenvalue weighted by Crippen LogP contribution is 2.27. The van der Waals surface area contributed by atoms with Gasteiger partial charge in [0.1, 0.15) is 0 Å². The second-order valence-corrected chi connectivity index (χ2v) is 6.61. The van der Waals surface area contributed by atoms with Crippen molar-refractivity contribution in [2.75, 3.05) is 5.32 Å². The molecular weight excluding hydrogens is 364 g/mol. The van der Waals surface area contributed by atoms with Gasteiger partial charge in [0, 0.05) is 11.3 Å². The molecule has 3 aromatic carbocycles. The van der Waals surface area contributed by atoms with Crippen molar-refractivity contribution in [1.82, 2.24) is 0 Å². The van der Waals surface area contributed by atoms with Crippen molar-refractivity contribution in [2.45, 2.75) is 20.0 Å². The number of nitriles is 1. The lowest BCUT2D eigenvalue weighted by atomic mass is 9.96. The summed E-state index contributed by atoms with van der Waals surface area (Å²) in [5.41, 5.74) is 3.69. The molecule has 144 valence electrons.